The van der Waals surface area contributed by atoms with Gasteiger partial charge in [-0.05, 0) is 42.8 Å². The average molecular weight is 465 g/mol. The third-order valence-corrected chi connectivity index (χ3v) is 6.69. The Morgan fingerprint density at radius 3 is 2.19 bits per heavy atom. The van der Waals surface area contributed by atoms with Gasteiger partial charge in [-0.2, -0.15) is 4.31 Å². The number of hydrogen-bond acceptors (Lipinski definition) is 3. The van der Waals surface area contributed by atoms with Gasteiger partial charge < -0.3 is 5.32 Å². The lowest BCUT2D eigenvalue weighted by atomic mass is 10.2. The highest BCUT2D eigenvalue weighted by Crippen LogP contribution is 2.23. The van der Waals surface area contributed by atoms with Gasteiger partial charge in [-0.25, -0.2) is 17.2 Å². The summed E-state index contributed by atoms with van der Waals surface area (Å²) < 4.78 is 55.1. The molecular formula is C22H19ClF2N2O3S. The smallest absolute Gasteiger partial charge is 0.243 e. The summed E-state index contributed by atoms with van der Waals surface area (Å²) in [6.45, 7) is 0.937. The van der Waals surface area contributed by atoms with Crippen LogP contribution in [0.5, 0.6) is 0 Å². The van der Waals surface area contributed by atoms with Crippen LogP contribution in [0.3, 0.4) is 0 Å². The number of rotatable bonds is 7. The van der Waals surface area contributed by atoms with E-state index in [0.29, 0.717) is 10.6 Å². The molecule has 0 saturated carbocycles. The second kappa shape index (κ2) is 9.55. The molecule has 0 aliphatic heterocycles. The Kier molecular flexibility index (Phi) is 7.04. The third kappa shape index (κ3) is 5.46. The van der Waals surface area contributed by atoms with E-state index < -0.39 is 39.8 Å². The van der Waals surface area contributed by atoms with Crippen molar-refractivity contribution in [2.45, 2.75) is 18.4 Å². The summed E-state index contributed by atoms with van der Waals surface area (Å²) in [6, 6.07) is 15.9. The highest BCUT2D eigenvalue weighted by molar-refractivity contribution is 7.89. The maximum atomic E-state index is 13.9. The normalized spacial score (nSPS) is 11.5. The zero-order valence-corrected chi connectivity index (χ0v) is 18.1. The number of hydrogen-bond donors (Lipinski definition) is 1. The minimum Gasteiger partial charge on any atom is -0.320 e. The van der Waals surface area contributed by atoms with E-state index in [0.717, 1.165) is 28.1 Å². The Bertz CT molecular complexity index is 1180. The number of nitrogens with one attached hydrogen (secondary N) is 1. The van der Waals surface area contributed by atoms with Crippen LogP contribution in [0.15, 0.2) is 71.6 Å². The molecule has 0 heterocycles. The number of carbonyl (C=O) groups excluding carboxylic acids is 1. The van der Waals surface area contributed by atoms with E-state index in [1.54, 1.807) is 36.4 Å². The molecule has 0 radical (unpaired) electrons. The van der Waals surface area contributed by atoms with E-state index in [-0.39, 0.29) is 11.4 Å². The molecule has 3 aromatic rings. The zero-order chi connectivity index (χ0) is 22.6. The molecule has 9 heteroatoms. The molecule has 5 nitrogen and oxygen atoms in total. The van der Waals surface area contributed by atoms with Crippen molar-refractivity contribution >= 4 is 33.2 Å². The number of carbonyl (C=O) groups is 1. The number of amides is 1. The second-order valence-electron chi connectivity index (χ2n) is 6.82. The molecule has 3 rings (SSSR count). The summed E-state index contributed by atoms with van der Waals surface area (Å²) in [5, 5.41) is 2.44. The molecule has 31 heavy (non-hydrogen) atoms. The predicted molar refractivity (Wildman–Crippen MR) is 115 cm³/mol. The summed E-state index contributed by atoms with van der Waals surface area (Å²) in [5.41, 5.74) is 0.701. The van der Waals surface area contributed by atoms with Gasteiger partial charge in [0.25, 0.3) is 0 Å². The first-order valence-corrected chi connectivity index (χ1v) is 11.0. The zero-order valence-electron chi connectivity index (χ0n) is 16.5. The van der Waals surface area contributed by atoms with Crippen LogP contribution in [0.4, 0.5) is 14.5 Å². The molecule has 1 N–H and O–H groups in total. The average Bonchev–Trinajstić information content (AvgIpc) is 2.72. The van der Waals surface area contributed by atoms with E-state index >= 15 is 0 Å². The first kappa shape index (κ1) is 22.9. The number of nitrogens with zero attached hydrogens (tertiary/aromatic N) is 1. The fraction of sp³-hybridized carbons (Fsp3) is 0.136. The predicted octanol–water partition coefficient (Wildman–Crippen LogP) is 4.76. The number of halogens is 3. The molecule has 0 fully saturated rings. The van der Waals surface area contributed by atoms with E-state index in [9.17, 15) is 22.0 Å². The summed E-state index contributed by atoms with van der Waals surface area (Å²) in [7, 11) is -4.11. The van der Waals surface area contributed by atoms with Crippen molar-refractivity contribution in [1.82, 2.24) is 4.31 Å². The van der Waals surface area contributed by atoms with Gasteiger partial charge in [-0.3, -0.25) is 4.79 Å². The van der Waals surface area contributed by atoms with Crippen LogP contribution in [-0.4, -0.2) is 25.2 Å². The van der Waals surface area contributed by atoms with Gasteiger partial charge >= 0.3 is 0 Å². The number of aryl methyl sites for hydroxylation is 1. The van der Waals surface area contributed by atoms with Gasteiger partial charge in [0.05, 0.1) is 11.4 Å². The van der Waals surface area contributed by atoms with Crippen LogP contribution in [0.1, 0.15) is 11.1 Å². The van der Waals surface area contributed by atoms with Crippen LogP contribution >= 0.6 is 11.6 Å². The van der Waals surface area contributed by atoms with Crippen molar-refractivity contribution in [3.63, 3.8) is 0 Å². The highest BCUT2D eigenvalue weighted by Gasteiger charge is 2.28. The first-order valence-electron chi connectivity index (χ1n) is 9.22. The van der Waals surface area contributed by atoms with Crippen LogP contribution < -0.4 is 5.32 Å². The quantitative estimate of drug-likeness (QED) is 0.548. The van der Waals surface area contributed by atoms with E-state index in [2.05, 4.69) is 5.32 Å². The Morgan fingerprint density at radius 2 is 1.58 bits per heavy atom. The number of anilines is 1. The van der Waals surface area contributed by atoms with Crippen molar-refractivity contribution in [2.24, 2.45) is 0 Å². The fourth-order valence-electron chi connectivity index (χ4n) is 2.86. The lowest BCUT2D eigenvalue weighted by Crippen LogP contribution is -2.38. The van der Waals surface area contributed by atoms with Crippen molar-refractivity contribution in [3.8, 4) is 0 Å². The molecule has 0 aromatic heterocycles. The highest BCUT2D eigenvalue weighted by atomic mass is 35.5. The number of para-hydroxylation sites is 1. The molecule has 0 bridgehead atoms. The SMILES string of the molecule is Cc1ccc(S(=O)(=O)N(CC(=O)Nc2c(F)cccc2F)Cc2ccccc2Cl)cc1. The van der Waals surface area contributed by atoms with Crippen molar-refractivity contribution in [1.29, 1.82) is 0 Å². The van der Waals surface area contributed by atoms with Crippen LogP contribution in [0.25, 0.3) is 0 Å². The Hall–Kier alpha value is -2.81. The standard InChI is InChI=1S/C22H19ClF2N2O3S/c1-15-9-11-17(12-10-15)31(29,30)27(13-16-5-2-3-6-18(16)23)14-21(28)26-22-19(24)7-4-8-20(22)25/h2-12H,13-14H2,1H3,(H,26,28). The molecule has 0 unspecified atom stereocenters. The first-order chi connectivity index (χ1) is 14.7. The van der Waals surface area contributed by atoms with Gasteiger partial charge in [0.2, 0.25) is 15.9 Å². The maximum Gasteiger partial charge on any atom is 0.243 e. The largest absolute Gasteiger partial charge is 0.320 e. The van der Waals surface area contributed by atoms with Gasteiger partial charge in [0, 0.05) is 11.6 Å². The van der Waals surface area contributed by atoms with Crippen LogP contribution in [0, 0.1) is 18.6 Å². The number of benzene rings is 3. The lowest BCUT2D eigenvalue weighted by molar-refractivity contribution is -0.116. The molecule has 0 spiro atoms. The number of sulfonamides is 1. The summed E-state index contributed by atoms with van der Waals surface area (Å²) in [6.07, 6.45) is 0. The van der Waals surface area contributed by atoms with E-state index in [1.165, 1.54) is 12.1 Å². The summed E-state index contributed by atoms with van der Waals surface area (Å²) in [4.78, 5) is 12.5. The molecular weight excluding hydrogens is 446 g/mol. The Morgan fingerprint density at radius 1 is 0.968 bits per heavy atom. The van der Waals surface area contributed by atoms with Crippen molar-refractivity contribution in [3.05, 3.63) is 94.5 Å². The Balaban J connectivity index is 1.92. The summed E-state index contributed by atoms with van der Waals surface area (Å²) >= 11 is 6.17. The Labute approximate surface area is 184 Å². The van der Waals surface area contributed by atoms with Crippen LogP contribution in [0.2, 0.25) is 5.02 Å². The van der Waals surface area contributed by atoms with Crippen molar-refractivity contribution < 1.29 is 22.0 Å². The second-order valence-corrected chi connectivity index (χ2v) is 9.17. The molecule has 3 aromatic carbocycles. The molecule has 0 aliphatic rings. The fourth-order valence-corrected chi connectivity index (χ4v) is 4.43. The molecule has 0 aliphatic carbocycles. The lowest BCUT2D eigenvalue weighted by Gasteiger charge is -2.22. The van der Waals surface area contributed by atoms with Gasteiger partial charge in [-0.1, -0.05) is 53.6 Å². The summed E-state index contributed by atoms with van der Waals surface area (Å²) in [5.74, 6) is -2.83. The minimum absolute atomic E-state index is 0.0185. The van der Waals surface area contributed by atoms with Gasteiger partial charge in [0.1, 0.15) is 17.3 Å². The molecule has 162 valence electrons. The molecule has 0 saturated heterocycles. The monoisotopic (exact) mass is 464 g/mol. The maximum absolute atomic E-state index is 13.9. The van der Waals surface area contributed by atoms with Crippen LogP contribution in [-0.2, 0) is 21.4 Å². The molecule has 0 atom stereocenters. The van der Waals surface area contributed by atoms with Crippen molar-refractivity contribution in [2.75, 3.05) is 11.9 Å². The van der Waals surface area contributed by atoms with Gasteiger partial charge in [-0.15, -0.1) is 0 Å². The topological polar surface area (TPSA) is 66.5 Å². The van der Waals surface area contributed by atoms with Gasteiger partial charge in [0.15, 0.2) is 0 Å². The molecule has 1 amide bonds. The van der Waals surface area contributed by atoms with E-state index in [1.807, 2.05) is 6.92 Å². The minimum atomic E-state index is -4.11. The van der Waals surface area contributed by atoms with E-state index in [4.69, 9.17) is 11.6 Å². The third-order valence-electron chi connectivity index (χ3n) is 4.51.